The minimum absolute atomic E-state index is 0. The summed E-state index contributed by atoms with van der Waals surface area (Å²) in [5.41, 5.74) is 3.96. The molecule has 0 saturated carbocycles. The predicted molar refractivity (Wildman–Crippen MR) is 63.4 cm³/mol. The van der Waals surface area contributed by atoms with E-state index in [1.54, 1.807) is 0 Å². The summed E-state index contributed by atoms with van der Waals surface area (Å²) in [6, 6.07) is 8.59. The lowest BCUT2D eigenvalue weighted by atomic mass is 10.3. The van der Waals surface area contributed by atoms with Crippen LogP contribution < -0.4 is 28.5 Å². The molecule has 0 spiro atoms. The minimum Gasteiger partial charge on any atom is -1.00 e. The molecule has 1 aromatic carbocycles. The van der Waals surface area contributed by atoms with Crippen molar-refractivity contribution in [2.24, 2.45) is 0 Å². The third kappa shape index (κ3) is 1.47. The Balaban J connectivity index is 0.000000963. The summed E-state index contributed by atoms with van der Waals surface area (Å²) in [5.74, 6) is 0. The Kier molecular flexibility index (Phi) is 3.21. The number of hydrogen-bond donors (Lipinski definition) is 0. The maximum atomic E-state index is 2.37. The van der Waals surface area contributed by atoms with E-state index in [2.05, 4.69) is 52.5 Å². The van der Waals surface area contributed by atoms with Crippen molar-refractivity contribution in [2.45, 2.75) is 20.4 Å². The van der Waals surface area contributed by atoms with Crippen molar-refractivity contribution in [1.29, 1.82) is 0 Å². The summed E-state index contributed by atoms with van der Waals surface area (Å²) in [4.78, 5) is 1.33. The van der Waals surface area contributed by atoms with E-state index in [4.69, 9.17) is 0 Å². The van der Waals surface area contributed by atoms with Crippen molar-refractivity contribution in [3.63, 3.8) is 0 Å². The second-order valence-electron chi connectivity index (χ2n) is 3.73. The lowest BCUT2D eigenvalue weighted by Gasteiger charge is -1.89. The zero-order valence-corrected chi connectivity index (χ0v) is 12.2. The molecule has 0 radical (unpaired) electrons. The van der Waals surface area contributed by atoms with Gasteiger partial charge in [0, 0.05) is 5.38 Å². The van der Waals surface area contributed by atoms with E-state index in [1.807, 2.05) is 11.3 Å². The van der Waals surface area contributed by atoms with Crippen LogP contribution in [-0.4, -0.2) is 4.40 Å². The Morgan fingerprint density at radius 2 is 2.06 bits per heavy atom. The Bertz CT molecular complexity index is 639. The number of aromatic nitrogens is 2. The second-order valence-corrected chi connectivity index (χ2v) is 4.56. The van der Waals surface area contributed by atoms with Gasteiger partial charge in [0.2, 0.25) is 0 Å². The zero-order valence-electron chi connectivity index (χ0n) is 9.27. The van der Waals surface area contributed by atoms with Crippen molar-refractivity contribution in [3.8, 4) is 0 Å². The SMILES string of the molecule is CC[n+]1c2ccccc2n2c(C)csc21.[I-]. The normalized spacial score (nSPS) is 10.9. The topological polar surface area (TPSA) is 8.29 Å². The third-order valence-electron chi connectivity index (χ3n) is 2.84. The molecule has 4 heteroatoms. The number of hydrogen-bond acceptors (Lipinski definition) is 1. The number of imidazole rings is 1. The standard InChI is InChI=1S/C12H13N2S.HI/c1-3-13-10-6-4-5-7-11(10)14-9(2)8-15-12(13)14;/h4-8H,3H2,1-2H3;1H/q+1;/p-1. The summed E-state index contributed by atoms with van der Waals surface area (Å²) in [6.07, 6.45) is 0. The smallest absolute Gasteiger partial charge is 0.346 e. The molecule has 0 atom stereocenters. The highest BCUT2D eigenvalue weighted by atomic mass is 127. The molecule has 0 saturated heterocycles. The van der Waals surface area contributed by atoms with Crippen LogP contribution in [0.25, 0.3) is 16.0 Å². The zero-order chi connectivity index (χ0) is 10.4. The maximum Gasteiger partial charge on any atom is 0.346 e. The summed E-state index contributed by atoms with van der Waals surface area (Å²) in [7, 11) is 0. The van der Waals surface area contributed by atoms with Crippen molar-refractivity contribution in [2.75, 3.05) is 0 Å². The summed E-state index contributed by atoms with van der Waals surface area (Å²) < 4.78 is 4.70. The van der Waals surface area contributed by atoms with E-state index in [1.165, 1.54) is 21.7 Å². The molecule has 2 aromatic heterocycles. The lowest BCUT2D eigenvalue weighted by molar-refractivity contribution is -0.640. The van der Waals surface area contributed by atoms with E-state index in [-0.39, 0.29) is 24.0 Å². The fourth-order valence-corrected chi connectivity index (χ4v) is 3.25. The van der Waals surface area contributed by atoms with Gasteiger partial charge in [0.05, 0.1) is 6.54 Å². The van der Waals surface area contributed by atoms with Gasteiger partial charge in [-0.3, -0.25) is 0 Å². The Morgan fingerprint density at radius 3 is 2.81 bits per heavy atom. The number of nitrogens with zero attached hydrogens (tertiary/aromatic N) is 2. The number of halogens is 1. The summed E-state index contributed by atoms with van der Waals surface area (Å²) in [5, 5.41) is 2.22. The molecule has 3 rings (SSSR count). The summed E-state index contributed by atoms with van der Waals surface area (Å²) in [6.45, 7) is 5.38. The molecule has 0 N–H and O–H groups in total. The molecular formula is C12H13IN2S. The van der Waals surface area contributed by atoms with Crippen molar-refractivity contribution in [3.05, 3.63) is 35.3 Å². The van der Waals surface area contributed by atoms with Gasteiger partial charge in [-0.05, 0) is 26.0 Å². The molecule has 0 bridgehead atoms. The van der Waals surface area contributed by atoms with Gasteiger partial charge >= 0.3 is 4.96 Å². The number of para-hydroxylation sites is 2. The third-order valence-corrected chi connectivity index (χ3v) is 3.91. The molecule has 2 nitrogen and oxygen atoms in total. The van der Waals surface area contributed by atoms with Gasteiger partial charge < -0.3 is 24.0 Å². The number of rotatable bonds is 1. The molecule has 0 aliphatic carbocycles. The molecule has 0 aliphatic rings. The Hall–Kier alpha value is -0.620. The number of fused-ring (bicyclic) bond motifs is 3. The largest absolute Gasteiger partial charge is 1.00 e. The number of aryl methyl sites for hydroxylation is 2. The van der Waals surface area contributed by atoms with Crippen LogP contribution in [0.3, 0.4) is 0 Å². The Morgan fingerprint density at radius 1 is 1.31 bits per heavy atom. The molecule has 2 heterocycles. The quantitative estimate of drug-likeness (QED) is 0.426. The van der Waals surface area contributed by atoms with Gasteiger partial charge in [-0.1, -0.05) is 23.5 Å². The minimum atomic E-state index is 0. The summed E-state index contributed by atoms with van der Waals surface area (Å²) >= 11 is 1.82. The highest BCUT2D eigenvalue weighted by molar-refractivity contribution is 7.14. The molecule has 3 aromatic rings. The lowest BCUT2D eigenvalue weighted by Crippen LogP contribution is -3.00. The van der Waals surface area contributed by atoms with E-state index in [0.29, 0.717) is 0 Å². The highest BCUT2D eigenvalue weighted by Gasteiger charge is 2.20. The first kappa shape index (κ1) is 11.9. The van der Waals surface area contributed by atoms with Crippen LogP contribution in [0.1, 0.15) is 12.6 Å². The van der Waals surface area contributed by atoms with Crippen LogP contribution in [-0.2, 0) is 6.54 Å². The van der Waals surface area contributed by atoms with Gasteiger partial charge in [0.15, 0.2) is 11.0 Å². The number of thiazole rings is 1. The van der Waals surface area contributed by atoms with E-state index < -0.39 is 0 Å². The second kappa shape index (κ2) is 4.33. The molecule has 0 fully saturated rings. The monoisotopic (exact) mass is 344 g/mol. The van der Waals surface area contributed by atoms with E-state index in [0.717, 1.165) is 6.54 Å². The van der Waals surface area contributed by atoms with Gasteiger partial charge in [-0.25, -0.2) is 4.57 Å². The molecule has 84 valence electrons. The molecule has 0 unspecified atom stereocenters. The molecular weight excluding hydrogens is 331 g/mol. The van der Waals surface area contributed by atoms with Crippen molar-refractivity contribution in [1.82, 2.24) is 4.40 Å². The first-order valence-corrected chi connectivity index (χ1v) is 6.08. The maximum absolute atomic E-state index is 2.37. The van der Waals surface area contributed by atoms with E-state index >= 15 is 0 Å². The van der Waals surface area contributed by atoms with Gasteiger partial charge in [0.1, 0.15) is 5.69 Å². The fraction of sp³-hybridized carbons (Fsp3) is 0.250. The van der Waals surface area contributed by atoms with Crippen LogP contribution in [0.5, 0.6) is 0 Å². The highest BCUT2D eigenvalue weighted by Crippen LogP contribution is 2.21. The predicted octanol–water partition coefficient (Wildman–Crippen LogP) is -0.226. The van der Waals surface area contributed by atoms with Crippen LogP contribution in [0.2, 0.25) is 0 Å². The first-order chi connectivity index (χ1) is 7.33. The van der Waals surface area contributed by atoms with Crippen LogP contribution in [0, 0.1) is 6.92 Å². The molecule has 0 amide bonds. The van der Waals surface area contributed by atoms with Crippen LogP contribution in [0.15, 0.2) is 29.6 Å². The first-order valence-electron chi connectivity index (χ1n) is 5.20. The average molecular weight is 344 g/mol. The van der Waals surface area contributed by atoms with Crippen LogP contribution in [0.4, 0.5) is 0 Å². The fourth-order valence-electron chi connectivity index (χ4n) is 2.16. The van der Waals surface area contributed by atoms with Gasteiger partial charge in [0.25, 0.3) is 0 Å². The van der Waals surface area contributed by atoms with E-state index in [9.17, 15) is 0 Å². The van der Waals surface area contributed by atoms with Crippen molar-refractivity contribution >= 4 is 27.3 Å². The molecule has 16 heavy (non-hydrogen) atoms. The number of benzene rings is 1. The average Bonchev–Trinajstić information content (AvgIpc) is 2.77. The van der Waals surface area contributed by atoms with Crippen LogP contribution >= 0.6 is 11.3 Å². The Labute approximate surface area is 116 Å². The van der Waals surface area contributed by atoms with Crippen molar-refractivity contribution < 1.29 is 28.5 Å². The van der Waals surface area contributed by atoms with Gasteiger partial charge in [-0.15, -0.1) is 0 Å². The van der Waals surface area contributed by atoms with Gasteiger partial charge in [-0.2, -0.15) is 4.40 Å². The molecule has 0 aliphatic heterocycles.